The first-order valence-corrected chi connectivity index (χ1v) is 5.91. The van der Waals surface area contributed by atoms with Crippen molar-refractivity contribution in [1.82, 2.24) is 0 Å². The van der Waals surface area contributed by atoms with Gasteiger partial charge in [0, 0.05) is 11.6 Å². The highest BCUT2D eigenvalue weighted by Crippen LogP contribution is 2.31. The lowest BCUT2D eigenvalue weighted by Gasteiger charge is -2.12. The van der Waals surface area contributed by atoms with Crippen molar-refractivity contribution in [3.63, 3.8) is 0 Å². The fraction of sp³-hybridized carbons (Fsp3) is 0.200. The number of allylic oxidation sites excluding steroid dienone is 1. The molecule has 0 N–H and O–H groups in total. The smallest absolute Gasteiger partial charge is 0.375 e. The Morgan fingerprint density at radius 3 is 2.33 bits per heavy atom. The first-order chi connectivity index (χ1) is 8.04. The predicted octanol–water partition coefficient (Wildman–Crippen LogP) is 3.09. The Morgan fingerprint density at radius 1 is 1.33 bits per heavy atom. The van der Waals surface area contributed by atoms with Crippen LogP contribution in [0.25, 0.3) is 5.57 Å². The van der Waals surface area contributed by atoms with Crippen molar-refractivity contribution in [2.75, 3.05) is 0 Å². The van der Waals surface area contributed by atoms with Gasteiger partial charge in [-0.25, -0.2) is 4.39 Å². The van der Waals surface area contributed by atoms with Gasteiger partial charge in [0.15, 0.2) is 5.75 Å². The zero-order valence-electron chi connectivity index (χ0n) is 9.08. The third kappa shape index (κ3) is 3.00. The van der Waals surface area contributed by atoms with Gasteiger partial charge in [-0.15, -0.1) is 0 Å². The molecule has 1 aromatic carbocycles. The number of alkyl halides is 3. The molecule has 18 heavy (non-hydrogen) atoms. The van der Waals surface area contributed by atoms with Crippen molar-refractivity contribution in [3.05, 3.63) is 36.2 Å². The summed E-state index contributed by atoms with van der Waals surface area (Å²) in [5, 5.41) is 0. The van der Waals surface area contributed by atoms with Gasteiger partial charge in [0.1, 0.15) is 5.82 Å². The molecule has 0 heterocycles. The molecule has 0 aromatic heterocycles. The largest absolute Gasteiger partial charge is 0.534 e. The van der Waals surface area contributed by atoms with Crippen LogP contribution >= 0.6 is 0 Å². The van der Waals surface area contributed by atoms with Crippen molar-refractivity contribution < 1.29 is 30.2 Å². The Balaban J connectivity index is 3.27. The third-order valence-electron chi connectivity index (χ3n) is 1.89. The first kappa shape index (κ1) is 14.5. The molecule has 0 aliphatic carbocycles. The van der Waals surface area contributed by atoms with Crippen LogP contribution in [-0.2, 0) is 10.1 Å². The molecular weight excluding hydrogens is 276 g/mol. The molecular formula is C10H8F4O3S. The number of halogens is 4. The molecule has 0 bridgehead atoms. The maximum absolute atomic E-state index is 12.9. The molecule has 0 amide bonds. The van der Waals surface area contributed by atoms with E-state index in [0.29, 0.717) is 6.07 Å². The van der Waals surface area contributed by atoms with Gasteiger partial charge in [0.2, 0.25) is 0 Å². The number of benzene rings is 1. The fourth-order valence-electron chi connectivity index (χ4n) is 1.08. The topological polar surface area (TPSA) is 43.4 Å². The summed E-state index contributed by atoms with van der Waals surface area (Å²) >= 11 is 0. The highest BCUT2D eigenvalue weighted by atomic mass is 32.2. The summed E-state index contributed by atoms with van der Waals surface area (Å²) in [6.45, 7) is 4.85. The Bertz CT molecular complexity index is 575. The van der Waals surface area contributed by atoms with E-state index in [1.165, 1.54) is 6.92 Å². The zero-order valence-corrected chi connectivity index (χ0v) is 9.90. The minimum absolute atomic E-state index is 0.0239. The highest BCUT2D eigenvalue weighted by molar-refractivity contribution is 7.88. The maximum atomic E-state index is 12.9. The lowest BCUT2D eigenvalue weighted by molar-refractivity contribution is -0.0500. The van der Waals surface area contributed by atoms with Gasteiger partial charge in [-0.1, -0.05) is 6.58 Å². The molecule has 0 aliphatic heterocycles. The Labute approximate surface area is 101 Å². The van der Waals surface area contributed by atoms with Crippen LogP contribution in [0.5, 0.6) is 5.75 Å². The van der Waals surface area contributed by atoms with Gasteiger partial charge in [0.25, 0.3) is 0 Å². The van der Waals surface area contributed by atoms with E-state index in [1.807, 2.05) is 0 Å². The first-order valence-electron chi connectivity index (χ1n) is 4.51. The Kier molecular flexibility index (Phi) is 3.70. The van der Waals surface area contributed by atoms with E-state index < -0.39 is 27.2 Å². The molecule has 0 aliphatic rings. The summed E-state index contributed by atoms with van der Waals surface area (Å²) in [4.78, 5) is 0. The van der Waals surface area contributed by atoms with Gasteiger partial charge in [-0.05, 0) is 24.6 Å². The summed E-state index contributed by atoms with van der Waals surface area (Å²) in [5.74, 6) is -1.67. The van der Waals surface area contributed by atoms with Crippen LogP contribution in [0.2, 0.25) is 0 Å². The molecule has 0 unspecified atom stereocenters. The van der Waals surface area contributed by atoms with Crippen LogP contribution < -0.4 is 4.18 Å². The van der Waals surface area contributed by atoms with Crippen LogP contribution in [0.3, 0.4) is 0 Å². The van der Waals surface area contributed by atoms with Gasteiger partial charge < -0.3 is 4.18 Å². The van der Waals surface area contributed by atoms with Crippen LogP contribution in [0.15, 0.2) is 24.8 Å². The van der Waals surface area contributed by atoms with Gasteiger partial charge >= 0.3 is 15.6 Å². The average molecular weight is 284 g/mol. The molecule has 0 radical (unpaired) electrons. The summed E-state index contributed by atoms with van der Waals surface area (Å²) in [6.07, 6.45) is 0. The van der Waals surface area contributed by atoms with Gasteiger partial charge in [-0.2, -0.15) is 21.6 Å². The summed E-state index contributed by atoms with van der Waals surface area (Å²) < 4.78 is 74.8. The molecule has 0 spiro atoms. The molecule has 1 rings (SSSR count). The molecule has 3 nitrogen and oxygen atoms in total. The highest BCUT2D eigenvalue weighted by Gasteiger charge is 2.48. The van der Waals surface area contributed by atoms with E-state index in [2.05, 4.69) is 10.8 Å². The number of rotatable bonds is 3. The Morgan fingerprint density at radius 2 is 1.89 bits per heavy atom. The monoisotopic (exact) mass is 284 g/mol. The van der Waals surface area contributed by atoms with E-state index in [9.17, 15) is 26.0 Å². The molecule has 0 saturated heterocycles. The normalized spacial score (nSPS) is 12.3. The van der Waals surface area contributed by atoms with E-state index >= 15 is 0 Å². The van der Waals surface area contributed by atoms with Crippen molar-refractivity contribution >= 4 is 15.7 Å². The van der Waals surface area contributed by atoms with Crippen molar-refractivity contribution in [2.24, 2.45) is 0 Å². The minimum atomic E-state index is -5.83. The summed E-state index contributed by atoms with van der Waals surface area (Å²) in [5.41, 5.74) is -5.36. The van der Waals surface area contributed by atoms with Crippen molar-refractivity contribution in [1.29, 1.82) is 0 Å². The van der Waals surface area contributed by atoms with E-state index in [-0.39, 0.29) is 11.1 Å². The SMILES string of the molecule is C=C(C)c1ccc(F)cc1OS(=O)(=O)C(F)(F)F. The molecule has 0 saturated carbocycles. The lowest BCUT2D eigenvalue weighted by atomic mass is 10.1. The molecule has 100 valence electrons. The lowest BCUT2D eigenvalue weighted by Crippen LogP contribution is -2.28. The van der Waals surface area contributed by atoms with E-state index in [0.717, 1.165) is 12.1 Å². The second-order valence-corrected chi connectivity index (χ2v) is 4.94. The zero-order chi connectivity index (χ0) is 14.1. The summed E-state index contributed by atoms with van der Waals surface area (Å²) in [7, 11) is -5.83. The average Bonchev–Trinajstić information content (AvgIpc) is 2.14. The van der Waals surface area contributed by atoms with Crippen LogP contribution in [0.1, 0.15) is 12.5 Å². The van der Waals surface area contributed by atoms with Crippen LogP contribution in [0, 0.1) is 5.82 Å². The van der Waals surface area contributed by atoms with E-state index in [4.69, 9.17) is 0 Å². The van der Waals surface area contributed by atoms with Crippen LogP contribution in [0.4, 0.5) is 17.6 Å². The van der Waals surface area contributed by atoms with Crippen molar-refractivity contribution in [3.8, 4) is 5.75 Å². The fourth-order valence-corrected chi connectivity index (χ4v) is 1.55. The number of hydrogen-bond acceptors (Lipinski definition) is 3. The summed E-state index contributed by atoms with van der Waals surface area (Å²) in [6, 6.07) is 2.59. The second kappa shape index (κ2) is 4.60. The van der Waals surface area contributed by atoms with Crippen molar-refractivity contribution in [2.45, 2.75) is 12.4 Å². The molecule has 0 fully saturated rings. The molecule has 8 heteroatoms. The quantitative estimate of drug-likeness (QED) is 0.486. The van der Waals surface area contributed by atoms with Gasteiger partial charge in [-0.3, -0.25) is 0 Å². The predicted molar refractivity (Wildman–Crippen MR) is 56.7 cm³/mol. The van der Waals surface area contributed by atoms with Gasteiger partial charge in [0.05, 0.1) is 0 Å². The standard InChI is InChI=1S/C10H8F4O3S/c1-6(2)8-4-3-7(11)5-9(8)17-18(15,16)10(12,13)14/h3-5H,1H2,2H3. The Hall–Kier alpha value is -1.57. The van der Waals surface area contributed by atoms with E-state index in [1.54, 1.807) is 0 Å². The van der Waals surface area contributed by atoms with Crippen LogP contribution in [-0.4, -0.2) is 13.9 Å². The second-order valence-electron chi connectivity index (χ2n) is 3.40. The minimum Gasteiger partial charge on any atom is -0.375 e. The molecule has 1 aromatic rings. The maximum Gasteiger partial charge on any atom is 0.534 e. The third-order valence-corrected chi connectivity index (χ3v) is 2.85. The molecule has 0 atom stereocenters. The number of hydrogen-bond donors (Lipinski definition) is 0.